The van der Waals surface area contributed by atoms with Crippen molar-refractivity contribution in [1.29, 1.82) is 0 Å². The van der Waals surface area contributed by atoms with E-state index in [1.807, 2.05) is 26.0 Å². The average Bonchev–Trinajstić information content (AvgIpc) is 3.54. The Kier molecular flexibility index (Phi) is 5.83. The van der Waals surface area contributed by atoms with Gasteiger partial charge in [-0.15, -0.1) is 10.2 Å². The van der Waals surface area contributed by atoms with Crippen LogP contribution in [-0.4, -0.2) is 56.6 Å². The molecule has 0 aliphatic heterocycles. The Morgan fingerprint density at radius 1 is 1.22 bits per heavy atom. The number of aromatic amines is 1. The summed E-state index contributed by atoms with van der Waals surface area (Å²) >= 11 is 0. The van der Waals surface area contributed by atoms with Crippen molar-refractivity contribution in [2.45, 2.75) is 46.8 Å². The zero-order valence-corrected chi connectivity index (χ0v) is 21.0. The van der Waals surface area contributed by atoms with E-state index in [2.05, 4.69) is 36.1 Å². The molecule has 5 aromatic rings. The van der Waals surface area contributed by atoms with E-state index in [1.165, 1.54) is 18.3 Å². The minimum Gasteiger partial charge on any atom is -0.389 e. The van der Waals surface area contributed by atoms with Crippen LogP contribution in [0.25, 0.3) is 28.0 Å². The predicted octanol–water partition coefficient (Wildman–Crippen LogP) is 3.47. The maximum atomic E-state index is 14.5. The number of rotatable bonds is 6. The standard InChI is InChI=1S/C25H26FN9O2/c1-13-8-19(26)17(23-29-32-33-30-23)10-20(13)28-24(36)18-11-27-34-7-6-16(9-21(18)34)22-14(2)31-35(15(22)3)12-25(4,5)37/h6-11,37H,12H2,1-5H3,(H,28,36)(H,29,30,32,33). The van der Waals surface area contributed by atoms with Crippen LogP contribution in [0.5, 0.6) is 0 Å². The van der Waals surface area contributed by atoms with Crippen LogP contribution < -0.4 is 5.32 Å². The fourth-order valence-electron chi connectivity index (χ4n) is 4.39. The molecule has 0 bridgehead atoms. The zero-order chi connectivity index (χ0) is 26.5. The maximum Gasteiger partial charge on any atom is 0.259 e. The van der Waals surface area contributed by atoms with Crippen molar-refractivity contribution in [1.82, 2.24) is 40.0 Å². The second-order valence-corrected chi connectivity index (χ2v) is 9.66. The van der Waals surface area contributed by atoms with Crippen molar-refractivity contribution >= 4 is 17.1 Å². The topological polar surface area (TPSA) is 139 Å². The number of hydrogen-bond acceptors (Lipinski definition) is 7. The zero-order valence-electron chi connectivity index (χ0n) is 21.0. The molecule has 0 atom stereocenters. The number of pyridine rings is 1. The number of halogens is 1. The Balaban J connectivity index is 1.50. The second-order valence-electron chi connectivity index (χ2n) is 9.66. The van der Waals surface area contributed by atoms with Gasteiger partial charge in [0.05, 0.1) is 40.7 Å². The molecule has 1 aromatic carbocycles. The molecule has 4 heterocycles. The number of H-pyrrole nitrogens is 1. The van der Waals surface area contributed by atoms with Crippen molar-refractivity contribution in [3.05, 3.63) is 65.0 Å². The molecule has 0 radical (unpaired) electrons. The summed E-state index contributed by atoms with van der Waals surface area (Å²) in [5, 5.41) is 35.5. The molecule has 0 saturated heterocycles. The Bertz CT molecular complexity index is 1630. The van der Waals surface area contributed by atoms with Gasteiger partial charge in [-0.1, -0.05) is 0 Å². The van der Waals surface area contributed by atoms with Crippen LogP contribution in [-0.2, 0) is 6.54 Å². The third kappa shape index (κ3) is 4.58. The molecule has 0 saturated carbocycles. The largest absolute Gasteiger partial charge is 0.389 e. The van der Waals surface area contributed by atoms with Crippen LogP contribution in [0.2, 0.25) is 0 Å². The maximum absolute atomic E-state index is 14.5. The smallest absolute Gasteiger partial charge is 0.259 e. The molecular weight excluding hydrogens is 477 g/mol. The highest BCUT2D eigenvalue weighted by Gasteiger charge is 2.22. The molecule has 0 aliphatic rings. The quantitative estimate of drug-likeness (QED) is 0.322. The van der Waals surface area contributed by atoms with E-state index in [4.69, 9.17) is 0 Å². The first kappa shape index (κ1) is 24.3. The Morgan fingerprint density at radius 3 is 2.70 bits per heavy atom. The summed E-state index contributed by atoms with van der Waals surface area (Å²) < 4.78 is 17.9. The molecule has 37 heavy (non-hydrogen) atoms. The lowest BCUT2D eigenvalue weighted by molar-refractivity contribution is 0.0570. The van der Waals surface area contributed by atoms with Crippen LogP contribution >= 0.6 is 0 Å². The van der Waals surface area contributed by atoms with Crippen LogP contribution in [0.1, 0.15) is 41.2 Å². The van der Waals surface area contributed by atoms with Crippen LogP contribution in [0.4, 0.5) is 10.1 Å². The van der Waals surface area contributed by atoms with Crippen LogP contribution in [0.3, 0.4) is 0 Å². The van der Waals surface area contributed by atoms with E-state index in [0.29, 0.717) is 28.9 Å². The molecule has 1 amide bonds. The number of carbonyl (C=O) groups excluding carboxylic acids is 1. The molecular formula is C25H26FN9O2. The number of amides is 1. The molecule has 0 spiro atoms. The monoisotopic (exact) mass is 503 g/mol. The van der Waals surface area contributed by atoms with E-state index in [9.17, 15) is 14.3 Å². The highest BCUT2D eigenvalue weighted by atomic mass is 19.1. The molecule has 0 fully saturated rings. The number of fused-ring (bicyclic) bond motifs is 1. The molecule has 5 rings (SSSR count). The normalized spacial score (nSPS) is 11.9. The highest BCUT2D eigenvalue weighted by Crippen LogP contribution is 2.30. The molecule has 3 N–H and O–H groups in total. The number of benzene rings is 1. The Labute approximate surface area is 211 Å². The number of nitrogens with zero attached hydrogens (tertiary/aromatic N) is 7. The van der Waals surface area contributed by atoms with E-state index in [1.54, 1.807) is 36.2 Å². The third-order valence-electron chi connectivity index (χ3n) is 6.12. The van der Waals surface area contributed by atoms with Gasteiger partial charge in [0, 0.05) is 23.1 Å². The first-order valence-corrected chi connectivity index (χ1v) is 11.6. The SMILES string of the molecule is Cc1cc(F)c(-c2nn[nH]n2)cc1NC(=O)c1cnn2ccc(-c3c(C)nn(CC(C)(C)O)c3C)cc12. The molecule has 11 nitrogen and oxygen atoms in total. The van der Waals surface area contributed by atoms with E-state index in [-0.39, 0.29) is 11.4 Å². The Hall–Kier alpha value is -4.45. The van der Waals surface area contributed by atoms with Gasteiger partial charge in [-0.05, 0) is 75.2 Å². The van der Waals surface area contributed by atoms with Crippen molar-refractivity contribution in [2.24, 2.45) is 0 Å². The third-order valence-corrected chi connectivity index (χ3v) is 6.12. The number of nitrogens with one attached hydrogen (secondary N) is 2. The number of anilines is 1. The molecule has 4 aromatic heterocycles. The van der Waals surface area contributed by atoms with Crippen molar-refractivity contribution in [2.75, 3.05) is 5.32 Å². The van der Waals surface area contributed by atoms with E-state index in [0.717, 1.165) is 22.5 Å². The summed E-state index contributed by atoms with van der Waals surface area (Å²) in [6, 6.07) is 6.59. The van der Waals surface area contributed by atoms with Gasteiger partial charge >= 0.3 is 0 Å². The number of tetrazole rings is 1. The molecule has 190 valence electrons. The Morgan fingerprint density at radius 2 is 2.00 bits per heavy atom. The molecule has 0 aliphatic carbocycles. The van der Waals surface area contributed by atoms with E-state index >= 15 is 0 Å². The van der Waals surface area contributed by atoms with Gasteiger partial charge in [-0.3, -0.25) is 9.48 Å². The van der Waals surface area contributed by atoms with Gasteiger partial charge in [0.1, 0.15) is 5.82 Å². The minimum absolute atomic E-state index is 0.0875. The lowest BCUT2D eigenvalue weighted by Crippen LogP contribution is -2.27. The summed E-state index contributed by atoms with van der Waals surface area (Å²) in [5.41, 5.74) is 4.64. The average molecular weight is 504 g/mol. The highest BCUT2D eigenvalue weighted by molar-refractivity contribution is 6.09. The number of carbonyl (C=O) groups is 1. The lowest BCUT2D eigenvalue weighted by Gasteiger charge is -2.18. The number of aryl methyl sites for hydroxylation is 2. The second kappa shape index (κ2) is 8.89. The first-order valence-electron chi connectivity index (χ1n) is 11.6. The molecule has 12 heteroatoms. The lowest BCUT2D eigenvalue weighted by atomic mass is 10.0. The van der Waals surface area contributed by atoms with Crippen molar-refractivity contribution in [3.63, 3.8) is 0 Å². The van der Waals surface area contributed by atoms with Gasteiger partial charge in [0.25, 0.3) is 5.91 Å². The number of aromatic nitrogens is 8. The number of hydrogen-bond donors (Lipinski definition) is 3. The van der Waals surface area contributed by atoms with Crippen LogP contribution in [0, 0.1) is 26.6 Å². The fraction of sp³-hybridized carbons (Fsp3) is 0.280. The van der Waals surface area contributed by atoms with Gasteiger partial charge in [-0.25, -0.2) is 8.91 Å². The van der Waals surface area contributed by atoms with Crippen molar-refractivity contribution in [3.8, 4) is 22.5 Å². The number of aliphatic hydroxyl groups is 1. The predicted molar refractivity (Wildman–Crippen MR) is 134 cm³/mol. The summed E-state index contributed by atoms with van der Waals surface area (Å²) in [6.45, 7) is 9.39. The fourth-order valence-corrected chi connectivity index (χ4v) is 4.39. The van der Waals surface area contributed by atoms with Crippen molar-refractivity contribution < 1.29 is 14.3 Å². The first-order chi connectivity index (χ1) is 17.5. The summed E-state index contributed by atoms with van der Waals surface area (Å²) in [7, 11) is 0. The van der Waals surface area contributed by atoms with Gasteiger partial charge in [-0.2, -0.15) is 15.4 Å². The summed E-state index contributed by atoms with van der Waals surface area (Å²) in [5.74, 6) is -0.829. The molecule has 0 unspecified atom stereocenters. The van der Waals surface area contributed by atoms with Crippen LogP contribution in [0.15, 0.2) is 36.7 Å². The van der Waals surface area contributed by atoms with Gasteiger partial charge in [0.15, 0.2) is 0 Å². The van der Waals surface area contributed by atoms with E-state index < -0.39 is 17.3 Å². The van der Waals surface area contributed by atoms with Gasteiger partial charge in [0.2, 0.25) is 5.82 Å². The summed E-state index contributed by atoms with van der Waals surface area (Å²) in [6.07, 6.45) is 3.27. The minimum atomic E-state index is -0.913. The van der Waals surface area contributed by atoms with Gasteiger partial charge < -0.3 is 10.4 Å². The summed E-state index contributed by atoms with van der Waals surface area (Å²) in [4.78, 5) is 13.3.